The Balaban J connectivity index is 2.02. The van der Waals surface area contributed by atoms with Gasteiger partial charge in [0.05, 0.1) is 12.6 Å². The van der Waals surface area contributed by atoms with E-state index in [0.29, 0.717) is 12.1 Å². The molecule has 0 saturated carbocycles. The average Bonchev–Trinajstić information content (AvgIpc) is 2.44. The van der Waals surface area contributed by atoms with Crippen LogP contribution in [0, 0.1) is 11.6 Å². The third-order valence-electron chi connectivity index (χ3n) is 2.92. The van der Waals surface area contributed by atoms with E-state index in [9.17, 15) is 13.9 Å². The summed E-state index contributed by atoms with van der Waals surface area (Å²) >= 11 is 0. The van der Waals surface area contributed by atoms with E-state index in [2.05, 4.69) is 5.32 Å². The number of hydrogen-bond acceptors (Lipinski definition) is 2. The van der Waals surface area contributed by atoms with E-state index in [1.165, 1.54) is 6.07 Å². The number of nitrogens with one attached hydrogen (secondary N) is 1. The zero-order valence-electron chi connectivity index (χ0n) is 10.3. The molecule has 1 atom stereocenters. The van der Waals surface area contributed by atoms with Crippen molar-refractivity contribution in [2.75, 3.05) is 6.61 Å². The van der Waals surface area contributed by atoms with Crippen LogP contribution in [0.5, 0.6) is 0 Å². The molecule has 2 N–H and O–H groups in total. The van der Waals surface area contributed by atoms with Crippen LogP contribution >= 0.6 is 0 Å². The zero-order chi connectivity index (χ0) is 13.7. The van der Waals surface area contributed by atoms with Crippen molar-refractivity contribution in [2.24, 2.45) is 0 Å². The minimum absolute atomic E-state index is 0.0618. The van der Waals surface area contributed by atoms with Crippen LogP contribution in [0.15, 0.2) is 48.5 Å². The molecule has 2 aromatic carbocycles. The van der Waals surface area contributed by atoms with Gasteiger partial charge in [0.2, 0.25) is 0 Å². The fraction of sp³-hybridized carbons (Fsp3) is 0.200. The fourth-order valence-electron chi connectivity index (χ4n) is 1.86. The van der Waals surface area contributed by atoms with Gasteiger partial charge < -0.3 is 10.4 Å². The third kappa shape index (κ3) is 3.59. The summed E-state index contributed by atoms with van der Waals surface area (Å²) in [6.45, 7) is 0.297. The van der Waals surface area contributed by atoms with Gasteiger partial charge in [-0.05, 0) is 23.3 Å². The first-order valence-corrected chi connectivity index (χ1v) is 6.04. The Labute approximate surface area is 110 Å². The first-order valence-electron chi connectivity index (χ1n) is 6.04. The van der Waals surface area contributed by atoms with E-state index in [0.717, 1.165) is 17.7 Å². The summed E-state index contributed by atoms with van der Waals surface area (Å²) in [5.41, 5.74) is 1.58. The first-order chi connectivity index (χ1) is 9.20. The summed E-state index contributed by atoms with van der Waals surface area (Å²) in [4.78, 5) is 0. The third-order valence-corrected chi connectivity index (χ3v) is 2.92. The van der Waals surface area contributed by atoms with Gasteiger partial charge in [0, 0.05) is 6.54 Å². The van der Waals surface area contributed by atoms with E-state index < -0.39 is 11.6 Å². The Morgan fingerprint density at radius 1 is 1.00 bits per heavy atom. The summed E-state index contributed by atoms with van der Waals surface area (Å²) in [7, 11) is 0. The van der Waals surface area contributed by atoms with E-state index in [1.807, 2.05) is 30.3 Å². The summed E-state index contributed by atoms with van der Waals surface area (Å²) in [5.74, 6) is -1.72. The average molecular weight is 263 g/mol. The molecular weight excluding hydrogens is 248 g/mol. The lowest BCUT2D eigenvalue weighted by Gasteiger charge is -2.16. The maximum Gasteiger partial charge on any atom is 0.159 e. The normalized spacial score (nSPS) is 12.4. The van der Waals surface area contributed by atoms with Crippen LogP contribution in [0.25, 0.3) is 0 Å². The molecule has 0 aromatic heterocycles. The highest BCUT2D eigenvalue weighted by Crippen LogP contribution is 2.14. The molecule has 0 heterocycles. The van der Waals surface area contributed by atoms with Crippen molar-refractivity contribution in [3.05, 3.63) is 71.3 Å². The quantitative estimate of drug-likeness (QED) is 0.869. The van der Waals surface area contributed by atoms with Crippen LogP contribution in [-0.2, 0) is 6.54 Å². The van der Waals surface area contributed by atoms with Crippen molar-refractivity contribution in [1.29, 1.82) is 0 Å². The molecule has 0 amide bonds. The number of benzene rings is 2. The minimum Gasteiger partial charge on any atom is -0.394 e. The van der Waals surface area contributed by atoms with Gasteiger partial charge in [0.25, 0.3) is 0 Å². The molecule has 0 spiro atoms. The van der Waals surface area contributed by atoms with E-state index in [4.69, 9.17) is 0 Å². The second-order valence-electron chi connectivity index (χ2n) is 4.28. The summed E-state index contributed by atoms with van der Waals surface area (Å²) in [6, 6.07) is 13.0. The fourth-order valence-corrected chi connectivity index (χ4v) is 1.86. The standard InChI is InChI=1S/C15H15F2NO/c16-13-7-6-11(8-14(13)17)9-18-15(10-19)12-4-2-1-3-5-12/h1-8,15,18-19H,9-10H2. The zero-order valence-corrected chi connectivity index (χ0v) is 10.3. The van der Waals surface area contributed by atoms with Gasteiger partial charge >= 0.3 is 0 Å². The number of halogens is 2. The molecule has 4 heteroatoms. The first kappa shape index (κ1) is 13.6. The molecule has 0 aliphatic rings. The maximum absolute atomic E-state index is 13.1. The Morgan fingerprint density at radius 2 is 1.74 bits per heavy atom. The molecular formula is C15H15F2NO. The minimum atomic E-state index is -0.862. The molecule has 100 valence electrons. The van der Waals surface area contributed by atoms with Gasteiger partial charge in [-0.15, -0.1) is 0 Å². The second-order valence-corrected chi connectivity index (χ2v) is 4.28. The monoisotopic (exact) mass is 263 g/mol. The van der Waals surface area contributed by atoms with Crippen LogP contribution in [-0.4, -0.2) is 11.7 Å². The van der Waals surface area contributed by atoms with Crippen molar-refractivity contribution < 1.29 is 13.9 Å². The Hall–Kier alpha value is -1.78. The lowest BCUT2D eigenvalue weighted by Crippen LogP contribution is -2.24. The molecule has 0 radical (unpaired) electrons. The molecule has 0 fully saturated rings. The maximum atomic E-state index is 13.1. The molecule has 1 unspecified atom stereocenters. The Kier molecular flexibility index (Phi) is 4.60. The largest absolute Gasteiger partial charge is 0.394 e. The predicted molar refractivity (Wildman–Crippen MR) is 69.5 cm³/mol. The Morgan fingerprint density at radius 3 is 2.37 bits per heavy atom. The number of rotatable bonds is 5. The molecule has 2 nitrogen and oxygen atoms in total. The molecule has 0 bridgehead atoms. The van der Waals surface area contributed by atoms with Gasteiger partial charge in [-0.1, -0.05) is 36.4 Å². The van der Waals surface area contributed by atoms with E-state index >= 15 is 0 Å². The van der Waals surface area contributed by atoms with Crippen molar-refractivity contribution in [3.63, 3.8) is 0 Å². The van der Waals surface area contributed by atoms with Crippen molar-refractivity contribution in [2.45, 2.75) is 12.6 Å². The smallest absolute Gasteiger partial charge is 0.159 e. The molecule has 0 aliphatic heterocycles. The van der Waals surface area contributed by atoms with Crippen LogP contribution in [0.1, 0.15) is 17.2 Å². The number of hydrogen-bond donors (Lipinski definition) is 2. The van der Waals surface area contributed by atoms with Gasteiger partial charge in [-0.25, -0.2) is 8.78 Å². The van der Waals surface area contributed by atoms with Crippen molar-refractivity contribution in [3.8, 4) is 0 Å². The van der Waals surface area contributed by atoms with Crippen molar-refractivity contribution in [1.82, 2.24) is 5.32 Å². The Bertz CT molecular complexity index is 531. The van der Waals surface area contributed by atoms with E-state index in [-0.39, 0.29) is 12.6 Å². The van der Waals surface area contributed by atoms with Crippen LogP contribution in [0.3, 0.4) is 0 Å². The van der Waals surface area contributed by atoms with Crippen LogP contribution in [0.4, 0.5) is 8.78 Å². The highest BCUT2D eigenvalue weighted by Gasteiger charge is 2.09. The van der Waals surface area contributed by atoms with E-state index in [1.54, 1.807) is 0 Å². The number of aliphatic hydroxyl groups is 1. The highest BCUT2D eigenvalue weighted by atomic mass is 19.2. The van der Waals surface area contributed by atoms with Gasteiger partial charge in [0.1, 0.15) is 0 Å². The summed E-state index contributed by atoms with van der Waals surface area (Å²) in [6.07, 6.45) is 0. The van der Waals surface area contributed by atoms with Gasteiger partial charge in [0.15, 0.2) is 11.6 Å². The van der Waals surface area contributed by atoms with Crippen molar-refractivity contribution >= 4 is 0 Å². The lowest BCUT2D eigenvalue weighted by atomic mass is 10.1. The van der Waals surface area contributed by atoms with Gasteiger partial charge in [-0.2, -0.15) is 0 Å². The summed E-state index contributed by atoms with van der Waals surface area (Å²) in [5, 5.41) is 12.5. The SMILES string of the molecule is OCC(NCc1ccc(F)c(F)c1)c1ccccc1. The lowest BCUT2D eigenvalue weighted by molar-refractivity contribution is 0.243. The topological polar surface area (TPSA) is 32.3 Å². The molecule has 0 saturated heterocycles. The molecule has 0 aliphatic carbocycles. The summed E-state index contributed by atoms with van der Waals surface area (Å²) < 4.78 is 25.8. The molecule has 2 aromatic rings. The molecule has 2 rings (SSSR count). The van der Waals surface area contributed by atoms with Gasteiger partial charge in [-0.3, -0.25) is 0 Å². The predicted octanol–water partition coefficient (Wildman–Crippen LogP) is 2.79. The van der Waals surface area contributed by atoms with Crippen LogP contribution < -0.4 is 5.32 Å². The van der Waals surface area contributed by atoms with Crippen LogP contribution in [0.2, 0.25) is 0 Å². The second kappa shape index (κ2) is 6.41. The highest BCUT2D eigenvalue weighted by molar-refractivity contribution is 5.21. The number of aliphatic hydroxyl groups excluding tert-OH is 1. The molecule has 19 heavy (non-hydrogen) atoms.